The van der Waals surface area contributed by atoms with Crippen molar-refractivity contribution in [3.63, 3.8) is 0 Å². The first kappa shape index (κ1) is 10.9. The van der Waals surface area contributed by atoms with Gasteiger partial charge in [0.05, 0.1) is 13.2 Å². The van der Waals surface area contributed by atoms with Gasteiger partial charge < -0.3 is 10.1 Å². The third-order valence-corrected chi connectivity index (χ3v) is 3.05. The van der Waals surface area contributed by atoms with Crippen molar-refractivity contribution in [2.24, 2.45) is 5.92 Å². The standard InChI is InChI=1S/C12H20N2O/c1(3-12-4-10-15-11-12)2-7-14-8-5-13-6-9-14/h12-13H,3-11H2. The van der Waals surface area contributed by atoms with Crippen molar-refractivity contribution in [1.29, 1.82) is 0 Å². The molecule has 1 unspecified atom stereocenters. The monoisotopic (exact) mass is 208 g/mol. The highest BCUT2D eigenvalue weighted by Gasteiger charge is 2.13. The highest BCUT2D eigenvalue weighted by molar-refractivity contribution is 5.03. The fraction of sp³-hybridized carbons (Fsp3) is 0.833. The Balaban J connectivity index is 1.61. The van der Waals surface area contributed by atoms with Crippen LogP contribution in [0.2, 0.25) is 0 Å². The predicted molar refractivity (Wildman–Crippen MR) is 60.6 cm³/mol. The summed E-state index contributed by atoms with van der Waals surface area (Å²) >= 11 is 0. The Labute approximate surface area is 92.2 Å². The molecule has 15 heavy (non-hydrogen) atoms. The average Bonchev–Trinajstić information content (AvgIpc) is 2.79. The summed E-state index contributed by atoms with van der Waals surface area (Å²) in [6, 6.07) is 0. The summed E-state index contributed by atoms with van der Waals surface area (Å²) in [5, 5.41) is 3.34. The molecule has 2 aliphatic rings. The molecule has 2 saturated heterocycles. The molecule has 2 rings (SSSR count). The first-order valence-electron chi connectivity index (χ1n) is 5.91. The zero-order valence-corrected chi connectivity index (χ0v) is 9.30. The number of piperazine rings is 1. The van der Waals surface area contributed by atoms with Crippen LogP contribution in [0, 0.1) is 17.8 Å². The third-order valence-electron chi connectivity index (χ3n) is 3.05. The van der Waals surface area contributed by atoms with E-state index in [0.717, 1.165) is 52.4 Å². The summed E-state index contributed by atoms with van der Waals surface area (Å²) in [5.74, 6) is 7.25. The fourth-order valence-electron chi connectivity index (χ4n) is 2.00. The molecule has 0 spiro atoms. The summed E-state index contributed by atoms with van der Waals surface area (Å²) in [5.41, 5.74) is 0. The molecule has 0 bridgehead atoms. The van der Waals surface area contributed by atoms with Crippen LogP contribution in [0.25, 0.3) is 0 Å². The lowest BCUT2D eigenvalue weighted by Crippen LogP contribution is -2.43. The van der Waals surface area contributed by atoms with E-state index in [4.69, 9.17) is 4.74 Å². The van der Waals surface area contributed by atoms with Crippen LogP contribution >= 0.6 is 0 Å². The van der Waals surface area contributed by atoms with E-state index in [1.165, 1.54) is 6.42 Å². The van der Waals surface area contributed by atoms with Gasteiger partial charge in [0, 0.05) is 39.2 Å². The van der Waals surface area contributed by atoms with Gasteiger partial charge in [0.1, 0.15) is 0 Å². The van der Waals surface area contributed by atoms with Crippen LogP contribution in [0.1, 0.15) is 12.8 Å². The summed E-state index contributed by atoms with van der Waals surface area (Å²) in [6.07, 6.45) is 2.22. The number of nitrogens with zero attached hydrogens (tertiary/aromatic N) is 1. The lowest BCUT2D eigenvalue weighted by Gasteiger charge is -2.24. The molecule has 3 nitrogen and oxygen atoms in total. The molecule has 0 aromatic rings. The van der Waals surface area contributed by atoms with E-state index < -0.39 is 0 Å². The highest BCUT2D eigenvalue weighted by atomic mass is 16.5. The Morgan fingerprint density at radius 3 is 2.87 bits per heavy atom. The van der Waals surface area contributed by atoms with Crippen molar-refractivity contribution in [1.82, 2.24) is 10.2 Å². The first-order chi connectivity index (χ1) is 7.45. The van der Waals surface area contributed by atoms with Gasteiger partial charge in [0.15, 0.2) is 0 Å². The SMILES string of the molecule is C(#CCN1CCNCC1)CC1CCOC1. The van der Waals surface area contributed by atoms with Crippen molar-refractivity contribution in [2.75, 3.05) is 45.9 Å². The van der Waals surface area contributed by atoms with Gasteiger partial charge in [-0.15, -0.1) is 5.92 Å². The van der Waals surface area contributed by atoms with Gasteiger partial charge in [-0.25, -0.2) is 0 Å². The maximum atomic E-state index is 5.32. The number of rotatable bonds is 2. The first-order valence-corrected chi connectivity index (χ1v) is 5.91. The van der Waals surface area contributed by atoms with E-state index in [1.54, 1.807) is 0 Å². The molecule has 84 valence electrons. The summed E-state index contributed by atoms with van der Waals surface area (Å²) in [7, 11) is 0. The van der Waals surface area contributed by atoms with Gasteiger partial charge in [-0.3, -0.25) is 4.90 Å². The van der Waals surface area contributed by atoms with Crippen molar-refractivity contribution in [2.45, 2.75) is 12.8 Å². The number of hydrogen-bond acceptors (Lipinski definition) is 3. The maximum absolute atomic E-state index is 5.32. The van der Waals surface area contributed by atoms with E-state index >= 15 is 0 Å². The smallest absolute Gasteiger partial charge is 0.0602 e. The summed E-state index contributed by atoms with van der Waals surface area (Å²) in [4.78, 5) is 2.41. The number of nitrogens with one attached hydrogen (secondary N) is 1. The Hall–Kier alpha value is -0.560. The average molecular weight is 208 g/mol. The van der Waals surface area contributed by atoms with E-state index in [1.807, 2.05) is 0 Å². The molecule has 0 saturated carbocycles. The van der Waals surface area contributed by atoms with Crippen LogP contribution < -0.4 is 5.32 Å². The van der Waals surface area contributed by atoms with E-state index in [-0.39, 0.29) is 0 Å². The van der Waals surface area contributed by atoms with Crippen LogP contribution in [0.4, 0.5) is 0 Å². The van der Waals surface area contributed by atoms with Crippen LogP contribution in [0.5, 0.6) is 0 Å². The van der Waals surface area contributed by atoms with Crippen molar-refractivity contribution >= 4 is 0 Å². The molecule has 1 atom stereocenters. The molecule has 0 aromatic heterocycles. The second-order valence-corrected chi connectivity index (χ2v) is 4.31. The highest BCUT2D eigenvalue weighted by Crippen LogP contribution is 2.14. The van der Waals surface area contributed by atoms with Crippen LogP contribution in [-0.2, 0) is 4.74 Å². The molecule has 0 amide bonds. The van der Waals surface area contributed by atoms with Crippen molar-refractivity contribution in [3.05, 3.63) is 0 Å². The van der Waals surface area contributed by atoms with Crippen molar-refractivity contribution in [3.8, 4) is 11.8 Å². The third kappa shape index (κ3) is 3.83. The van der Waals surface area contributed by atoms with Crippen LogP contribution in [0.3, 0.4) is 0 Å². The molecule has 0 radical (unpaired) electrons. The molecule has 3 heteroatoms. The minimum atomic E-state index is 0.695. The van der Waals surface area contributed by atoms with Gasteiger partial charge >= 0.3 is 0 Å². The minimum absolute atomic E-state index is 0.695. The maximum Gasteiger partial charge on any atom is 0.0602 e. The Bertz CT molecular complexity index is 232. The molecule has 0 aromatic carbocycles. The molecule has 0 aliphatic carbocycles. The number of hydrogen-bond donors (Lipinski definition) is 1. The fourth-order valence-corrected chi connectivity index (χ4v) is 2.00. The molecule has 2 heterocycles. The second kappa shape index (κ2) is 6.12. The van der Waals surface area contributed by atoms with E-state index in [2.05, 4.69) is 22.1 Å². The topological polar surface area (TPSA) is 24.5 Å². The minimum Gasteiger partial charge on any atom is -0.381 e. The molecular weight excluding hydrogens is 188 g/mol. The zero-order chi connectivity index (χ0) is 10.3. The van der Waals surface area contributed by atoms with Crippen LogP contribution in [-0.4, -0.2) is 50.8 Å². The summed E-state index contributed by atoms with van der Waals surface area (Å²) in [6.45, 7) is 7.29. The molecule has 2 aliphatic heterocycles. The zero-order valence-electron chi connectivity index (χ0n) is 9.30. The number of ether oxygens (including phenoxy) is 1. The van der Waals surface area contributed by atoms with Gasteiger partial charge in [0.25, 0.3) is 0 Å². The molecule has 2 fully saturated rings. The lowest BCUT2D eigenvalue weighted by molar-refractivity contribution is 0.186. The van der Waals surface area contributed by atoms with Crippen molar-refractivity contribution < 1.29 is 4.74 Å². The van der Waals surface area contributed by atoms with Crippen LogP contribution in [0.15, 0.2) is 0 Å². The van der Waals surface area contributed by atoms with Gasteiger partial charge in [0.2, 0.25) is 0 Å². The summed E-state index contributed by atoms with van der Waals surface area (Å²) < 4.78 is 5.32. The predicted octanol–water partition coefficient (Wildman–Crippen LogP) is 0.322. The molecule has 1 N–H and O–H groups in total. The Morgan fingerprint density at radius 2 is 2.13 bits per heavy atom. The second-order valence-electron chi connectivity index (χ2n) is 4.31. The lowest BCUT2D eigenvalue weighted by atomic mass is 10.1. The van der Waals surface area contributed by atoms with Gasteiger partial charge in [-0.1, -0.05) is 5.92 Å². The largest absolute Gasteiger partial charge is 0.381 e. The Morgan fingerprint density at radius 1 is 1.27 bits per heavy atom. The molecular formula is C12H20N2O. The van der Waals surface area contributed by atoms with Gasteiger partial charge in [-0.05, 0) is 12.3 Å². The van der Waals surface area contributed by atoms with Gasteiger partial charge in [-0.2, -0.15) is 0 Å². The van der Waals surface area contributed by atoms with E-state index in [0.29, 0.717) is 5.92 Å². The Kier molecular flexibility index (Phi) is 4.46. The quantitative estimate of drug-likeness (QED) is 0.662. The normalized spacial score (nSPS) is 27.3. The van der Waals surface area contributed by atoms with E-state index in [9.17, 15) is 0 Å².